The van der Waals surface area contributed by atoms with E-state index in [0.717, 1.165) is 52.6 Å². The summed E-state index contributed by atoms with van der Waals surface area (Å²) in [6, 6.07) is 10.7. The van der Waals surface area contributed by atoms with Crippen molar-refractivity contribution in [1.29, 1.82) is 0 Å². The van der Waals surface area contributed by atoms with Crippen molar-refractivity contribution < 1.29 is 8.78 Å². The number of hydrogen-bond donors (Lipinski definition) is 2. The number of aromatic amines is 1. The monoisotopic (exact) mass is 558 g/mol. The van der Waals surface area contributed by atoms with E-state index in [2.05, 4.69) is 74.0 Å². The van der Waals surface area contributed by atoms with Gasteiger partial charge in [-0.25, -0.2) is 18.5 Å². The summed E-state index contributed by atoms with van der Waals surface area (Å²) in [7, 11) is 2.05. The van der Waals surface area contributed by atoms with E-state index < -0.39 is 11.6 Å². The lowest BCUT2D eigenvalue weighted by Gasteiger charge is -2.31. The summed E-state index contributed by atoms with van der Waals surface area (Å²) in [6.07, 6.45) is 8.11. The quantitative estimate of drug-likeness (QED) is 0.363. The average molecular weight is 559 g/mol. The Morgan fingerprint density at radius 3 is 2.76 bits per heavy atom. The minimum Gasteiger partial charge on any atom is -0.318 e. The summed E-state index contributed by atoms with van der Waals surface area (Å²) >= 11 is 0. The first-order chi connectivity index (χ1) is 19.8. The minimum absolute atomic E-state index is 0.0698. The third kappa shape index (κ3) is 5.29. The lowest BCUT2D eigenvalue weighted by molar-refractivity contribution is 0.194. The number of fused-ring (bicyclic) bond motifs is 1. The van der Waals surface area contributed by atoms with Crippen LogP contribution in [0.1, 0.15) is 68.4 Å². The number of benzene rings is 2. The molecule has 0 saturated carbocycles. The van der Waals surface area contributed by atoms with E-state index in [9.17, 15) is 8.78 Å². The van der Waals surface area contributed by atoms with E-state index in [1.165, 1.54) is 23.8 Å². The van der Waals surface area contributed by atoms with Crippen LogP contribution in [0.15, 0.2) is 42.6 Å². The van der Waals surface area contributed by atoms with Crippen LogP contribution in [0.25, 0.3) is 23.4 Å². The van der Waals surface area contributed by atoms with Crippen LogP contribution in [-0.4, -0.2) is 55.2 Å². The summed E-state index contributed by atoms with van der Waals surface area (Å²) in [5.74, 6) is -0.838. The highest BCUT2D eigenvalue weighted by atomic mass is 19.1. The first-order valence-electron chi connectivity index (χ1n) is 14.3. The number of nitrogens with zero attached hydrogens (tertiary/aromatic N) is 6. The van der Waals surface area contributed by atoms with Gasteiger partial charge in [0.15, 0.2) is 0 Å². The smallest absolute Gasteiger partial charge is 0.130 e. The number of piperidine rings is 1. The van der Waals surface area contributed by atoms with Gasteiger partial charge in [-0.05, 0) is 76.1 Å². The van der Waals surface area contributed by atoms with Crippen LogP contribution in [0.5, 0.6) is 0 Å². The molecule has 0 amide bonds. The molecule has 1 fully saturated rings. The molecule has 2 aliphatic rings. The van der Waals surface area contributed by atoms with Crippen molar-refractivity contribution in [3.63, 3.8) is 0 Å². The molecule has 2 aromatic heterocycles. The second-order valence-corrected chi connectivity index (χ2v) is 11.2. The zero-order chi connectivity index (χ0) is 28.7. The van der Waals surface area contributed by atoms with Crippen LogP contribution >= 0.6 is 0 Å². The molecule has 0 radical (unpaired) electrons. The van der Waals surface area contributed by atoms with Gasteiger partial charge in [-0.15, -0.1) is 5.10 Å². The summed E-state index contributed by atoms with van der Waals surface area (Å²) in [6.45, 7) is 8.01. The van der Waals surface area contributed by atoms with Gasteiger partial charge in [0, 0.05) is 48.6 Å². The van der Waals surface area contributed by atoms with Crippen LogP contribution in [0.3, 0.4) is 0 Å². The number of likely N-dealkylation sites (tertiary alicyclic amines) is 1. The Balaban J connectivity index is 1.23. The Hall–Kier alpha value is -3.89. The standard InChI is InChI=1S/C31H36F2N8/c1-5-28-24(31(36-34-28)21-11-12-29-23(15-21)20(3)39(4)37-29)14-19(2)41-18-30(35-38-41)22-8-7-13-40(16-22)17-25-26(32)9-6-10-27(25)33/h5-6,9-12,14-15,18-20,22,34,37H,7-8,13,16-17H2,1-4H3/b24-14+,28-5+/t19?,20?,22-/m1/s1. The van der Waals surface area contributed by atoms with E-state index >= 15 is 0 Å². The minimum atomic E-state index is -0.497. The van der Waals surface area contributed by atoms with Crippen LogP contribution in [-0.2, 0) is 6.54 Å². The number of hydrogen-bond acceptors (Lipinski definition) is 6. The van der Waals surface area contributed by atoms with E-state index in [-0.39, 0.29) is 30.1 Å². The fraction of sp³-hybridized carbons (Fsp3) is 0.387. The van der Waals surface area contributed by atoms with Crippen LogP contribution in [0.2, 0.25) is 0 Å². The largest absolute Gasteiger partial charge is 0.318 e. The molecule has 2 N–H and O–H groups in total. The fourth-order valence-corrected chi connectivity index (χ4v) is 5.97. The Labute approximate surface area is 238 Å². The van der Waals surface area contributed by atoms with Crippen LogP contribution in [0.4, 0.5) is 14.5 Å². The molecule has 4 heterocycles. The van der Waals surface area contributed by atoms with Crippen molar-refractivity contribution in [2.75, 3.05) is 25.6 Å². The zero-order valence-corrected chi connectivity index (χ0v) is 23.9. The van der Waals surface area contributed by atoms with Crippen molar-refractivity contribution in [3.05, 3.63) is 81.6 Å². The van der Waals surface area contributed by atoms with Gasteiger partial charge in [0.25, 0.3) is 0 Å². The van der Waals surface area contributed by atoms with Gasteiger partial charge in [0.2, 0.25) is 0 Å². The van der Waals surface area contributed by atoms with E-state index in [1.807, 2.05) is 30.9 Å². The third-order valence-corrected chi connectivity index (χ3v) is 8.50. The topological polar surface area (TPSA) is 77.9 Å². The predicted octanol–water partition coefficient (Wildman–Crippen LogP) is 4.50. The third-order valence-electron chi connectivity index (χ3n) is 8.50. The van der Waals surface area contributed by atoms with E-state index in [0.29, 0.717) is 6.54 Å². The Bertz CT molecular complexity index is 1660. The summed E-state index contributed by atoms with van der Waals surface area (Å²) < 4.78 is 30.4. The molecule has 2 aromatic carbocycles. The van der Waals surface area contributed by atoms with Crippen molar-refractivity contribution in [2.45, 2.75) is 58.2 Å². The highest BCUT2D eigenvalue weighted by molar-refractivity contribution is 5.69. The number of H-pyrrole nitrogens is 1. The molecule has 0 spiro atoms. The summed E-state index contributed by atoms with van der Waals surface area (Å²) in [5.41, 5.74) is 8.75. The Morgan fingerprint density at radius 1 is 1.17 bits per heavy atom. The molecule has 8 nitrogen and oxygen atoms in total. The Kier molecular flexibility index (Phi) is 7.44. The number of aromatic nitrogens is 5. The van der Waals surface area contributed by atoms with Crippen molar-refractivity contribution in [3.8, 4) is 11.3 Å². The molecule has 6 rings (SSSR count). The lowest BCUT2D eigenvalue weighted by atomic mass is 9.95. The molecule has 41 heavy (non-hydrogen) atoms. The van der Waals surface area contributed by atoms with Gasteiger partial charge in [-0.1, -0.05) is 23.4 Å². The molecule has 3 atom stereocenters. The molecule has 214 valence electrons. The normalized spacial score (nSPS) is 21.3. The SMILES string of the molecule is C/C=c1/[nH]nc(-c2ccc3c(c2)C(C)N(C)N3)/c1=C/C(C)n1cc([C@@H]2CCCN(Cc3c(F)cccc3F)C2)nn1. The molecule has 0 bridgehead atoms. The van der Waals surface area contributed by atoms with Crippen molar-refractivity contribution in [2.24, 2.45) is 0 Å². The summed E-state index contributed by atoms with van der Waals surface area (Å²) in [4.78, 5) is 2.11. The summed E-state index contributed by atoms with van der Waals surface area (Å²) in [5, 5.41) is 21.0. The first kappa shape index (κ1) is 27.3. The average Bonchev–Trinajstić information content (AvgIpc) is 3.69. The molecule has 4 aromatic rings. The van der Waals surface area contributed by atoms with Gasteiger partial charge in [-0.3, -0.25) is 10.00 Å². The maximum atomic E-state index is 14.2. The van der Waals surface area contributed by atoms with Crippen LogP contribution in [0, 0.1) is 11.6 Å². The second kappa shape index (κ2) is 11.2. The van der Waals surface area contributed by atoms with Gasteiger partial charge in [0.05, 0.1) is 34.5 Å². The van der Waals surface area contributed by atoms with Crippen molar-refractivity contribution >= 4 is 17.8 Å². The van der Waals surface area contributed by atoms with Crippen molar-refractivity contribution in [1.82, 2.24) is 35.1 Å². The second-order valence-electron chi connectivity index (χ2n) is 11.2. The van der Waals surface area contributed by atoms with Gasteiger partial charge < -0.3 is 5.43 Å². The van der Waals surface area contributed by atoms with E-state index in [4.69, 9.17) is 0 Å². The molecular weight excluding hydrogens is 522 g/mol. The van der Waals surface area contributed by atoms with Crippen LogP contribution < -0.4 is 16.0 Å². The maximum absolute atomic E-state index is 14.2. The molecule has 10 heteroatoms. The number of nitrogens with one attached hydrogen (secondary N) is 2. The fourth-order valence-electron chi connectivity index (χ4n) is 5.97. The molecule has 2 unspecified atom stereocenters. The Morgan fingerprint density at radius 2 is 1.98 bits per heavy atom. The molecule has 0 aliphatic carbocycles. The first-order valence-corrected chi connectivity index (χ1v) is 14.3. The maximum Gasteiger partial charge on any atom is 0.130 e. The molecule has 1 saturated heterocycles. The number of halogens is 2. The highest BCUT2D eigenvalue weighted by Crippen LogP contribution is 2.35. The zero-order valence-electron chi connectivity index (χ0n) is 23.9. The molecular formula is C31H36F2N8. The number of rotatable bonds is 6. The van der Waals surface area contributed by atoms with E-state index in [1.54, 1.807) is 0 Å². The predicted molar refractivity (Wildman–Crippen MR) is 156 cm³/mol. The lowest BCUT2D eigenvalue weighted by Crippen LogP contribution is -2.34. The number of hydrazine groups is 1. The highest BCUT2D eigenvalue weighted by Gasteiger charge is 2.26. The molecule has 2 aliphatic heterocycles. The van der Waals surface area contributed by atoms with Gasteiger partial charge >= 0.3 is 0 Å². The number of anilines is 1. The van der Waals surface area contributed by atoms with Gasteiger partial charge in [-0.2, -0.15) is 5.10 Å². The van der Waals surface area contributed by atoms with Gasteiger partial charge in [0.1, 0.15) is 11.6 Å².